The molecule has 2 fully saturated rings. The molecule has 0 radical (unpaired) electrons. The summed E-state index contributed by atoms with van der Waals surface area (Å²) in [6.45, 7) is 1.54. The quantitative estimate of drug-likeness (QED) is 0.834. The van der Waals surface area contributed by atoms with E-state index in [1.165, 1.54) is 0 Å². The van der Waals surface area contributed by atoms with Crippen molar-refractivity contribution in [2.75, 3.05) is 26.3 Å². The molecule has 7 heteroatoms. The summed E-state index contributed by atoms with van der Waals surface area (Å²) < 4.78 is 11.1. The highest BCUT2D eigenvalue weighted by Crippen LogP contribution is 2.35. The highest BCUT2D eigenvalue weighted by molar-refractivity contribution is 5.94. The molecule has 136 valence electrons. The summed E-state index contributed by atoms with van der Waals surface area (Å²) in [4.78, 5) is 25.3. The van der Waals surface area contributed by atoms with E-state index in [4.69, 9.17) is 15.2 Å². The average Bonchev–Trinajstić information content (AvgIpc) is 2.63. The lowest BCUT2D eigenvalue weighted by Gasteiger charge is -2.46. The predicted octanol–water partition coefficient (Wildman–Crippen LogP) is 0.697. The number of hydrogen-bond acceptors (Lipinski definition) is 5. The topological polar surface area (TPSA) is 102 Å². The number of ether oxygens (including phenoxy) is 2. The maximum atomic E-state index is 12.7. The summed E-state index contributed by atoms with van der Waals surface area (Å²) in [6, 6.07) is 6.72. The van der Waals surface area contributed by atoms with Gasteiger partial charge in [-0.1, -0.05) is 6.07 Å². The van der Waals surface area contributed by atoms with Crippen molar-refractivity contribution >= 4 is 11.8 Å². The van der Waals surface area contributed by atoms with Crippen LogP contribution in [-0.2, 0) is 9.53 Å². The van der Waals surface area contributed by atoms with E-state index >= 15 is 0 Å². The van der Waals surface area contributed by atoms with Crippen LogP contribution in [-0.4, -0.2) is 59.8 Å². The van der Waals surface area contributed by atoms with Gasteiger partial charge in [0.25, 0.3) is 11.8 Å². The third-order valence-corrected chi connectivity index (χ3v) is 4.98. The molecule has 2 aliphatic rings. The van der Waals surface area contributed by atoms with Crippen LogP contribution in [0.5, 0.6) is 5.75 Å². The molecule has 25 heavy (non-hydrogen) atoms. The number of amides is 2. The van der Waals surface area contributed by atoms with Crippen molar-refractivity contribution in [3.8, 4) is 5.75 Å². The average molecular weight is 348 g/mol. The fraction of sp³-hybridized carbons (Fsp3) is 0.556. The highest BCUT2D eigenvalue weighted by atomic mass is 16.5. The van der Waals surface area contributed by atoms with Crippen molar-refractivity contribution in [2.45, 2.75) is 37.4 Å². The second-order valence-corrected chi connectivity index (χ2v) is 6.65. The van der Waals surface area contributed by atoms with E-state index in [-0.39, 0.29) is 12.5 Å². The molecule has 1 spiro atoms. The normalized spacial score (nSPS) is 22.6. The molecular formula is C18H24N2O5. The number of hydrogen-bond donors (Lipinski definition) is 2. The van der Waals surface area contributed by atoms with Crippen LogP contribution in [0.4, 0.5) is 0 Å². The minimum Gasteiger partial charge on any atom is -0.484 e. The van der Waals surface area contributed by atoms with Crippen LogP contribution in [0.1, 0.15) is 36.0 Å². The molecule has 0 aromatic heterocycles. The Morgan fingerprint density at radius 2 is 2.12 bits per heavy atom. The molecule has 0 aliphatic carbocycles. The molecule has 2 aliphatic heterocycles. The van der Waals surface area contributed by atoms with E-state index in [0.717, 1.165) is 12.8 Å². The highest BCUT2D eigenvalue weighted by Gasteiger charge is 2.44. The van der Waals surface area contributed by atoms with Crippen LogP contribution in [0.25, 0.3) is 0 Å². The number of primary amides is 1. The van der Waals surface area contributed by atoms with E-state index in [1.807, 2.05) is 0 Å². The van der Waals surface area contributed by atoms with Crippen molar-refractivity contribution in [1.82, 2.24) is 4.90 Å². The monoisotopic (exact) mass is 348 g/mol. The lowest BCUT2D eigenvalue weighted by Crippen LogP contribution is -2.56. The molecule has 3 N–H and O–H groups in total. The van der Waals surface area contributed by atoms with Gasteiger partial charge in [-0.05, 0) is 43.9 Å². The molecule has 2 saturated heterocycles. The molecule has 1 atom stereocenters. The first-order valence-electron chi connectivity index (χ1n) is 8.63. The summed E-state index contributed by atoms with van der Waals surface area (Å²) >= 11 is 0. The number of carbonyl (C=O) groups is 2. The van der Waals surface area contributed by atoms with Crippen LogP contribution in [0.15, 0.2) is 24.3 Å². The third-order valence-electron chi connectivity index (χ3n) is 4.98. The Bertz CT molecular complexity index is 640. The van der Waals surface area contributed by atoms with Gasteiger partial charge in [0.1, 0.15) is 5.75 Å². The molecule has 0 saturated carbocycles. The summed E-state index contributed by atoms with van der Waals surface area (Å²) in [5.41, 5.74) is 5.07. The third kappa shape index (κ3) is 3.93. The fourth-order valence-corrected chi connectivity index (χ4v) is 3.53. The van der Waals surface area contributed by atoms with Crippen molar-refractivity contribution in [2.24, 2.45) is 5.73 Å². The van der Waals surface area contributed by atoms with Crippen LogP contribution in [0, 0.1) is 0 Å². The van der Waals surface area contributed by atoms with E-state index in [0.29, 0.717) is 43.9 Å². The Balaban J connectivity index is 1.62. The zero-order valence-corrected chi connectivity index (χ0v) is 14.1. The molecule has 1 aromatic rings. The van der Waals surface area contributed by atoms with Gasteiger partial charge in [-0.25, -0.2) is 0 Å². The van der Waals surface area contributed by atoms with E-state index < -0.39 is 17.6 Å². The van der Waals surface area contributed by atoms with Crippen molar-refractivity contribution < 1.29 is 24.2 Å². The van der Waals surface area contributed by atoms with Crippen LogP contribution < -0.4 is 10.5 Å². The van der Waals surface area contributed by atoms with Gasteiger partial charge in [0, 0.05) is 25.3 Å². The molecular weight excluding hydrogens is 324 g/mol. The van der Waals surface area contributed by atoms with Crippen LogP contribution >= 0.6 is 0 Å². The van der Waals surface area contributed by atoms with Gasteiger partial charge in [-0.2, -0.15) is 0 Å². The van der Waals surface area contributed by atoms with E-state index in [1.54, 1.807) is 29.2 Å². The number of rotatable bonds is 4. The number of nitrogens with two attached hydrogens (primary N) is 1. The van der Waals surface area contributed by atoms with E-state index in [9.17, 15) is 14.7 Å². The Morgan fingerprint density at radius 3 is 2.80 bits per heavy atom. The van der Waals surface area contributed by atoms with Gasteiger partial charge in [-0.3, -0.25) is 9.59 Å². The lowest BCUT2D eigenvalue weighted by molar-refractivity contribution is -0.174. The van der Waals surface area contributed by atoms with Crippen molar-refractivity contribution in [3.05, 3.63) is 29.8 Å². The van der Waals surface area contributed by atoms with Crippen LogP contribution in [0.3, 0.4) is 0 Å². The number of aliphatic hydroxyl groups is 1. The van der Waals surface area contributed by atoms with Gasteiger partial charge >= 0.3 is 0 Å². The Hall–Kier alpha value is -2.12. The molecule has 7 nitrogen and oxygen atoms in total. The molecule has 2 heterocycles. The molecule has 2 amide bonds. The maximum Gasteiger partial charge on any atom is 0.255 e. The van der Waals surface area contributed by atoms with Crippen LogP contribution in [0.2, 0.25) is 0 Å². The number of carbonyl (C=O) groups excluding carboxylic acids is 2. The summed E-state index contributed by atoms with van der Waals surface area (Å²) in [5.74, 6) is -0.224. The summed E-state index contributed by atoms with van der Waals surface area (Å²) in [6.07, 6.45) is 2.45. The Kier molecular flexibility index (Phi) is 5.24. The molecule has 1 aromatic carbocycles. The predicted molar refractivity (Wildman–Crippen MR) is 90.2 cm³/mol. The van der Waals surface area contributed by atoms with Gasteiger partial charge in [-0.15, -0.1) is 0 Å². The number of nitrogens with zero attached hydrogens (tertiary/aromatic N) is 1. The van der Waals surface area contributed by atoms with Crippen molar-refractivity contribution in [1.29, 1.82) is 0 Å². The Morgan fingerprint density at radius 1 is 1.36 bits per heavy atom. The first-order valence-corrected chi connectivity index (χ1v) is 8.63. The van der Waals surface area contributed by atoms with Gasteiger partial charge in [0.2, 0.25) is 0 Å². The fourth-order valence-electron chi connectivity index (χ4n) is 3.53. The first-order chi connectivity index (χ1) is 12.0. The second-order valence-electron chi connectivity index (χ2n) is 6.65. The SMILES string of the molecule is NC(=O)COc1cccc(C(=O)N2CCC3(CC2)OCCCC3O)c1. The van der Waals surface area contributed by atoms with Gasteiger partial charge < -0.3 is 25.2 Å². The first kappa shape index (κ1) is 17.7. The minimum absolute atomic E-state index is 0.0929. The standard InChI is InChI=1S/C18H24N2O5/c19-16(22)12-24-14-4-1-3-13(11-14)17(23)20-8-6-18(7-9-20)15(21)5-2-10-25-18/h1,3-4,11,15,21H,2,5-10,12H2,(H2,19,22). The molecule has 0 bridgehead atoms. The number of aliphatic hydroxyl groups excluding tert-OH is 1. The molecule has 1 unspecified atom stereocenters. The lowest BCUT2D eigenvalue weighted by atomic mass is 9.82. The van der Waals surface area contributed by atoms with Gasteiger partial charge in [0.15, 0.2) is 6.61 Å². The number of piperidine rings is 1. The largest absolute Gasteiger partial charge is 0.484 e. The Labute approximate surface area is 146 Å². The summed E-state index contributed by atoms with van der Waals surface area (Å²) in [7, 11) is 0. The number of likely N-dealkylation sites (tertiary alicyclic amines) is 1. The van der Waals surface area contributed by atoms with Crippen molar-refractivity contribution in [3.63, 3.8) is 0 Å². The maximum absolute atomic E-state index is 12.7. The number of benzene rings is 1. The smallest absolute Gasteiger partial charge is 0.255 e. The van der Waals surface area contributed by atoms with E-state index in [2.05, 4.69) is 0 Å². The summed E-state index contributed by atoms with van der Waals surface area (Å²) in [5, 5.41) is 10.3. The second kappa shape index (κ2) is 7.41. The zero-order chi connectivity index (χ0) is 17.9. The molecule has 3 rings (SSSR count). The van der Waals surface area contributed by atoms with Gasteiger partial charge in [0.05, 0.1) is 11.7 Å². The zero-order valence-electron chi connectivity index (χ0n) is 14.1. The minimum atomic E-state index is -0.566.